The maximum absolute atomic E-state index is 4.38. The Bertz CT molecular complexity index is 1030. The lowest BCUT2D eigenvalue weighted by Gasteiger charge is -2.44. The zero-order valence-corrected chi connectivity index (χ0v) is 28.2. The molecule has 7 rings (SSSR count). The van der Waals surface area contributed by atoms with Gasteiger partial charge in [0.15, 0.2) is 0 Å². The average Bonchev–Trinajstić information content (AvgIpc) is 3.60. The molecule has 3 fully saturated rings. The minimum absolute atomic E-state index is 0.575. The molecule has 1 aliphatic heterocycles. The Morgan fingerprint density at radius 1 is 0.750 bits per heavy atom. The molecule has 0 amide bonds. The minimum Gasteiger partial charge on any atom is -0.312 e. The van der Waals surface area contributed by atoms with Crippen LogP contribution in [0.25, 0.3) is 0 Å². The Morgan fingerprint density at radius 2 is 1.61 bits per heavy atom. The van der Waals surface area contributed by atoms with Crippen molar-refractivity contribution in [1.82, 2.24) is 10.6 Å². The highest BCUT2D eigenvalue weighted by molar-refractivity contribution is 5.37. The van der Waals surface area contributed by atoms with E-state index >= 15 is 0 Å². The van der Waals surface area contributed by atoms with Crippen LogP contribution in [0.4, 0.5) is 0 Å². The van der Waals surface area contributed by atoms with Crippen LogP contribution in [0.2, 0.25) is 0 Å². The van der Waals surface area contributed by atoms with Crippen LogP contribution >= 0.6 is 0 Å². The summed E-state index contributed by atoms with van der Waals surface area (Å²) >= 11 is 0. The molecule has 9 unspecified atom stereocenters. The number of fused-ring (bicyclic) bond motifs is 1. The quantitative estimate of drug-likeness (QED) is 0.244. The third-order valence-electron chi connectivity index (χ3n) is 14.0. The van der Waals surface area contributed by atoms with E-state index in [0.717, 1.165) is 53.9 Å². The van der Waals surface area contributed by atoms with Gasteiger partial charge >= 0.3 is 0 Å². The molecule has 44 heavy (non-hydrogen) atoms. The molecule has 2 heteroatoms. The normalized spacial score (nSPS) is 38.0. The van der Waals surface area contributed by atoms with E-state index < -0.39 is 0 Å². The van der Waals surface area contributed by atoms with Crippen LogP contribution in [-0.2, 0) is 0 Å². The van der Waals surface area contributed by atoms with Crippen molar-refractivity contribution in [2.75, 3.05) is 13.1 Å². The monoisotopic (exact) mass is 599 g/mol. The second-order valence-electron chi connectivity index (χ2n) is 16.7. The highest BCUT2D eigenvalue weighted by atomic mass is 15.0. The third kappa shape index (κ3) is 7.87. The van der Waals surface area contributed by atoms with Gasteiger partial charge in [0, 0.05) is 18.6 Å². The number of allylic oxidation sites excluding steroid dienone is 6. The van der Waals surface area contributed by atoms with Crippen molar-refractivity contribution in [2.45, 2.75) is 153 Å². The number of nitrogens with one attached hydrogen (secondary N) is 2. The van der Waals surface area contributed by atoms with Crippen molar-refractivity contribution in [3.05, 3.63) is 47.6 Å². The van der Waals surface area contributed by atoms with Gasteiger partial charge < -0.3 is 10.6 Å². The van der Waals surface area contributed by atoms with Gasteiger partial charge in [-0.25, -0.2) is 0 Å². The van der Waals surface area contributed by atoms with E-state index in [9.17, 15) is 0 Å². The van der Waals surface area contributed by atoms with Gasteiger partial charge in [0.05, 0.1) is 0 Å². The summed E-state index contributed by atoms with van der Waals surface area (Å²) in [4.78, 5) is 0. The SMILES string of the molecule is C1=CC(CC(C2CCCCC2)C(NCC2CC=CCC2)C2CC(C3=CC(C4CCC5CCCCC5C4)CC3)=CCN2)CCC1. The van der Waals surface area contributed by atoms with Gasteiger partial charge in [0.2, 0.25) is 0 Å². The Kier molecular flexibility index (Phi) is 11.2. The molecule has 0 aromatic heterocycles. The standard InChI is InChI=1S/C42H66N2/c1-4-12-31(13-5-1)26-40(34-17-8-3-9-18-34)42(44-30-32-14-6-2-7-15-32)41-29-39(24-25-43-41)38-23-22-37(28-38)36-21-20-33-16-10-11-19-35(33)27-36/h2,4,6,12,24,28,31-37,40-44H,1,3,5,7-11,13-23,25-27,29-30H2. The van der Waals surface area contributed by atoms with E-state index in [2.05, 4.69) is 47.1 Å². The van der Waals surface area contributed by atoms with Crippen LogP contribution in [0.3, 0.4) is 0 Å². The van der Waals surface area contributed by atoms with Gasteiger partial charge in [-0.15, -0.1) is 0 Å². The van der Waals surface area contributed by atoms with E-state index in [4.69, 9.17) is 0 Å². The fourth-order valence-corrected chi connectivity index (χ4v) is 11.5. The smallest absolute Gasteiger partial charge is 0.0267 e. The van der Waals surface area contributed by atoms with Gasteiger partial charge in [-0.1, -0.05) is 94.2 Å². The summed E-state index contributed by atoms with van der Waals surface area (Å²) in [5.41, 5.74) is 3.49. The highest BCUT2D eigenvalue weighted by Crippen LogP contribution is 2.48. The Balaban J connectivity index is 1.06. The zero-order valence-electron chi connectivity index (χ0n) is 28.2. The predicted octanol–water partition coefficient (Wildman–Crippen LogP) is 10.5. The van der Waals surface area contributed by atoms with Crippen molar-refractivity contribution < 1.29 is 0 Å². The van der Waals surface area contributed by atoms with Crippen LogP contribution < -0.4 is 10.6 Å². The molecule has 2 N–H and O–H groups in total. The van der Waals surface area contributed by atoms with Crippen LogP contribution in [0.1, 0.15) is 141 Å². The molecule has 0 aromatic rings. The summed E-state index contributed by atoms with van der Waals surface area (Å²) in [5.74, 6) is 7.30. The lowest BCUT2D eigenvalue weighted by molar-refractivity contribution is 0.110. The largest absolute Gasteiger partial charge is 0.312 e. The Hall–Kier alpha value is -1.12. The van der Waals surface area contributed by atoms with Crippen LogP contribution in [-0.4, -0.2) is 25.2 Å². The maximum Gasteiger partial charge on any atom is 0.0267 e. The maximum atomic E-state index is 4.38. The molecule has 9 atom stereocenters. The topological polar surface area (TPSA) is 24.1 Å². The number of hydrogen-bond acceptors (Lipinski definition) is 2. The van der Waals surface area contributed by atoms with Crippen LogP contribution in [0, 0.1) is 47.3 Å². The first-order valence-corrected chi connectivity index (χ1v) is 20.0. The van der Waals surface area contributed by atoms with E-state index in [1.54, 1.807) is 17.6 Å². The van der Waals surface area contributed by atoms with Crippen molar-refractivity contribution in [2.24, 2.45) is 47.3 Å². The molecule has 0 spiro atoms. The second kappa shape index (κ2) is 15.6. The lowest BCUT2D eigenvalue weighted by Crippen LogP contribution is -2.56. The zero-order chi connectivity index (χ0) is 29.6. The molecule has 244 valence electrons. The van der Waals surface area contributed by atoms with Crippen molar-refractivity contribution in [3.8, 4) is 0 Å². The summed E-state index contributed by atoms with van der Waals surface area (Å²) in [6, 6.07) is 1.17. The van der Waals surface area contributed by atoms with Crippen molar-refractivity contribution >= 4 is 0 Å². The molecular weight excluding hydrogens is 532 g/mol. The Morgan fingerprint density at radius 3 is 2.45 bits per heavy atom. The lowest BCUT2D eigenvalue weighted by atomic mass is 9.65. The van der Waals surface area contributed by atoms with Gasteiger partial charge in [-0.3, -0.25) is 0 Å². The van der Waals surface area contributed by atoms with Gasteiger partial charge in [-0.05, 0) is 149 Å². The predicted molar refractivity (Wildman–Crippen MR) is 188 cm³/mol. The van der Waals surface area contributed by atoms with E-state index in [1.807, 2.05) is 0 Å². The summed E-state index contributed by atoms with van der Waals surface area (Å²) < 4.78 is 0. The summed E-state index contributed by atoms with van der Waals surface area (Å²) in [7, 11) is 0. The number of rotatable bonds is 10. The second-order valence-corrected chi connectivity index (χ2v) is 16.7. The molecule has 0 saturated heterocycles. The van der Waals surface area contributed by atoms with Gasteiger partial charge in [0.1, 0.15) is 0 Å². The molecule has 3 saturated carbocycles. The molecule has 1 heterocycles. The van der Waals surface area contributed by atoms with E-state index in [-0.39, 0.29) is 0 Å². The fourth-order valence-electron chi connectivity index (χ4n) is 11.5. The van der Waals surface area contributed by atoms with Crippen LogP contribution in [0.5, 0.6) is 0 Å². The minimum atomic E-state index is 0.575. The van der Waals surface area contributed by atoms with E-state index in [1.165, 1.54) is 141 Å². The first-order chi connectivity index (χ1) is 21.8. The molecule has 6 aliphatic carbocycles. The highest BCUT2D eigenvalue weighted by Gasteiger charge is 2.39. The fraction of sp³-hybridized carbons (Fsp3) is 0.810. The molecule has 7 aliphatic rings. The molecule has 0 radical (unpaired) electrons. The third-order valence-corrected chi connectivity index (χ3v) is 14.0. The van der Waals surface area contributed by atoms with Crippen molar-refractivity contribution in [3.63, 3.8) is 0 Å². The van der Waals surface area contributed by atoms with Gasteiger partial charge in [0.25, 0.3) is 0 Å². The first kappa shape index (κ1) is 31.5. The number of hydrogen-bond donors (Lipinski definition) is 2. The van der Waals surface area contributed by atoms with Crippen molar-refractivity contribution in [1.29, 1.82) is 0 Å². The molecule has 2 nitrogen and oxygen atoms in total. The van der Waals surface area contributed by atoms with Crippen LogP contribution in [0.15, 0.2) is 47.6 Å². The van der Waals surface area contributed by atoms with E-state index in [0.29, 0.717) is 12.1 Å². The Labute approximate surface area is 271 Å². The summed E-state index contributed by atoms with van der Waals surface area (Å²) in [5, 5.41) is 8.50. The summed E-state index contributed by atoms with van der Waals surface area (Å²) in [6.45, 7) is 2.28. The van der Waals surface area contributed by atoms with Gasteiger partial charge in [-0.2, -0.15) is 0 Å². The molecule has 0 bridgehead atoms. The molecule has 0 aromatic carbocycles. The average molecular weight is 599 g/mol. The first-order valence-electron chi connectivity index (χ1n) is 20.0. The molecular formula is C42H66N2. The summed E-state index contributed by atoms with van der Waals surface area (Å²) in [6.07, 6.45) is 46.9.